The van der Waals surface area contributed by atoms with Crippen LogP contribution >= 0.6 is 0 Å². The standard InChI is InChI=1S/C22H27N3O2/c1-16(23-21(26)22(2,3)4)20-24-18-12-8-9-13-19(18)25(20)14-15-27-17-10-6-5-7-11-17/h5-13,16H,14-15H2,1-4H3,(H,23,26). The Kier molecular flexibility index (Phi) is 5.49. The molecule has 3 rings (SSSR count). The molecule has 1 N–H and O–H groups in total. The molecule has 1 atom stereocenters. The summed E-state index contributed by atoms with van der Waals surface area (Å²) < 4.78 is 7.99. The van der Waals surface area contributed by atoms with Gasteiger partial charge in [-0.05, 0) is 31.2 Å². The van der Waals surface area contributed by atoms with E-state index in [4.69, 9.17) is 9.72 Å². The SMILES string of the molecule is CC(NC(=O)C(C)(C)C)c1nc2ccccc2n1CCOc1ccccc1. The maximum atomic E-state index is 12.4. The lowest BCUT2D eigenvalue weighted by molar-refractivity contribution is -0.129. The Morgan fingerprint density at radius 3 is 2.48 bits per heavy atom. The number of amides is 1. The quantitative estimate of drug-likeness (QED) is 0.707. The molecule has 5 heteroatoms. The lowest BCUT2D eigenvalue weighted by atomic mass is 9.95. The average Bonchev–Trinajstić information content (AvgIpc) is 3.01. The molecule has 142 valence electrons. The maximum Gasteiger partial charge on any atom is 0.225 e. The predicted molar refractivity (Wildman–Crippen MR) is 108 cm³/mol. The van der Waals surface area contributed by atoms with E-state index in [1.807, 2.05) is 82.3 Å². The largest absolute Gasteiger partial charge is 0.492 e. The van der Waals surface area contributed by atoms with Crippen molar-refractivity contribution in [3.05, 3.63) is 60.4 Å². The van der Waals surface area contributed by atoms with Crippen LogP contribution in [0.5, 0.6) is 5.75 Å². The van der Waals surface area contributed by atoms with Gasteiger partial charge in [-0.3, -0.25) is 4.79 Å². The van der Waals surface area contributed by atoms with Gasteiger partial charge in [0.2, 0.25) is 5.91 Å². The second-order valence-electron chi connectivity index (χ2n) is 7.72. The first-order valence-corrected chi connectivity index (χ1v) is 9.30. The monoisotopic (exact) mass is 365 g/mol. The molecule has 0 radical (unpaired) electrons. The molecular weight excluding hydrogens is 338 g/mol. The van der Waals surface area contributed by atoms with E-state index in [-0.39, 0.29) is 11.9 Å². The van der Waals surface area contributed by atoms with Gasteiger partial charge in [-0.15, -0.1) is 0 Å². The number of para-hydroxylation sites is 3. The van der Waals surface area contributed by atoms with Crippen LogP contribution in [0.25, 0.3) is 11.0 Å². The molecule has 0 saturated carbocycles. The van der Waals surface area contributed by atoms with Crippen LogP contribution in [0.3, 0.4) is 0 Å². The van der Waals surface area contributed by atoms with Crippen molar-refractivity contribution in [2.45, 2.75) is 40.3 Å². The summed E-state index contributed by atoms with van der Waals surface area (Å²) in [6, 6.07) is 17.6. The Morgan fingerprint density at radius 1 is 1.11 bits per heavy atom. The van der Waals surface area contributed by atoms with Gasteiger partial charge < -0.3 is 14.6 Å². The van der Waals surface area contributed by atoms with Crippen molar-refractivity contribution in [3.63, 3.8) is 0 Å². The fraction of sp³-hybridized carbons (Fsp3) is 0.364. The number of aromatic nitrogens is 2. The van der Waals surface area contributed by atoms with Gasteiger partial charge in [-0.2, -0.15) is 0 Å². The van der Waals surface area contributed by atoms with Crippen molar-refractivity contribution in [1.82, 2.24) is 14.9 Å². The number of rotatable bonds is 6. The highest BCUT2D eigenvalue weighted by Gasteiger charge is 2.25. The number of imidazole rings is 1. The first kappa shape index (κ1) is 19.0. The summed E-state index contributed by atoms with van der Waals surface area (Å²) in [6.45, 7) is 8.88. The van der Waals surface area contributed by atoms with Gasteiger partial charge in [-0.1, -0.05) is 51.1 Å². The zero-order valence-electron chi connectivity index (χ0n) is 16.4. The summed E-state index contributed by atoms with van der Waals surface area (Å²) >= 11 is 0. The minimum absolute atomic E-state index is 0.00846. The molecule has 1 amide bonds. The van der Waals surface area contributed by atoms with Crippen LogP contribution in [0, 0.1) is 5.41 Å². The Balaban J connectivity index is 1.82. The molecule has 0 fully saturated rings. The fourth-order valence-electron chi connectivity index (χ4n) is 2.91. The number of nitrogens with zero attached hydrogens (tertiary/aromatic N) is 2. The highest BCUT2D eigenvalue weighted by molar-refractivity contribution is 5.82. The Bertz CT molecular complexity index is 910. The van der Waals surface area contributed by atoms with E-state index in [0.29, 0.717) is 13.2 Å². The summed E-state index contributed by atoms with van der Waals surface area (Å²) in [5, 5.41) is 3.08. The van der Waals surface area contributed by atoms with Crippen molar-refractivity contribution in [1.29, 1.82) is 0 Å². The van der Waals surface area contributed by atoms with E-state index < -0.39 is 5.41 Å². The first-order chi connectivity index (χ1) is 12.9. The average molecular weight is 365 g/mol. The third kappa shape index (κ3) is 4.48. The smallest absolute Gasteiger partial charge is 0.225 e. The predicted octanol–water partition coefficient (Wildman–Crippen LogP) is 4.34. The normalized spacial score (nSPS) is 12.7. The van der Waals surface area contributed by atoms with Gasteiger partial charge in [0.15, 0.2) is 0 Å². The Hall–Kier alpha value is -2.82. The van der Waals surface area contributed by atoms with Crippen molar-refractivity contribution < 1.29 is 9.53 Å². The topological polar surface area (TPSA) is 56.2 Å². The summed E-state index contributed by atoms with van der Waals surface area (Å²) in [6.07, 6.45) is 0. The molecule has 0 aliphatic heterocycles. The Labute approximate surface area is 160 Å². The van der Waals surface area contributed by atoms with E-state index in [1.165, 1.54) is 0 Å². The van der Waals surface area contributed by atoms with Crippen LogP contribution in [-0.4, -0.2) is 22.1 Å². The molecule has 1 heterocycles. The molecule has 5 nitrogen and oxygen atoms in total. The maximum absolute atomic E-state index is 12.4. The van der Waals surface area contributed by atoms with Crippen LogP contribution < -0.4 is 10.1 Å². The number of ether oxygens (including phenoxy) is 1. The number of nitrogens with one attached hydrogen (secondary N) is 1. The van der Waals surface area contributed by atoms with Crippen LogP contribution in [0.2, 0.25) is 0 Å². The summed E-state index contributed by atoms with van der Waals surface area (Å²) in [4.78, 5) is 17.2. The summed E-state index contributed by atoms with van der Waals surface area (Å²) in [5.74, 6) is 1.69. The van der Waals surface area contributed by atoms with Crippen LogP contribution in [0.15, 0.2) is 54.6 Å². The van der Waals surface area contributed by atoms with Gasteiger partial charge in [0.05, 0.1) is 23.6 Å². The lowest BCUT2D eigenvalue weighted by Crippen LogP contribution is -2.37. The molecule has 0 saturated heterocycles. The van der Waals surface area contributed by atoms with Crippen LogP contribution in [0.4, 0.5) is 0 Å². The number of carbonyl (C=O) groups is 1. The molecule has 2 aromatic carbocycles. The van der Waals surface area contributed by atoms with E-state index in [0.717, 1.165) is 22.6 Å². The van der Waals surface area contributed by atoms with Crippen molar-refractivity contribution >= 4 is 16.9 Å². The molecule has 1 unspecified atom stereocenters. The fourth-order valence-corrected chi connectivity index (χ4v) is 2.91. The molecule has 0 bridgehead atoms. The number of carbonyl (C=O) groups excluding carboxylic acids is 1. The number of benzene rings is 2. The zero-order chi connectivity index (χ0) is 19.4. The lowest BCUT2D eigenvalue weighted by Gasteiger charge is -2.22. The second-order valence-corrected chi connectivity index (χ2v) is 7.72. The molecule has 0 aliphatic carbocycles. The van der Waals surface area contributed by atoms with Gasteiger partial charge >= 0.3 is 0 Å². The number of fused-ring (bicyclic) bond motifs is 1. The van der Waals surface area contributed by atoms with E-state index in [1.54, 1.807) is 0 Å². The number of hydrogen-bond donors (Lipinski definition) is 1. The minimum atomic E-state index is -0.443. The summed E-state index contributed by atoms with van der Waals surface area (Å²) in [5.41, 5.74) is 1.52. The van der Waals surface area contributed by atoms with Gasteiger partial charge in [0.1, 0.15) is 18.2 Å². The van der Waals surface area contributed by atoms with E-state index in [2.05, 4.69) is 9.88 Å². The number of hydrogen-bond acceptors (Lipinski definition) is 3. The molecular formula is C22H27N3O2. The third-order valence-corrected chi connectivity index (χ3v) is 4.43. The molecule has 0 spiro atoms. The van der Waals surface area contributed by atoms with Crippen molar-refractivity contribution in [3.8, 4) is 5.75 Å². The Morgan fingerprint density at radius 2 is 1.78 bits per heavy atom. The van der Waals surface area contributed by atoms with Gasteiger partial charge in [-0.25, -0.2) is 4.98 Å². The van der Waals surface area contributed by atoms with Gasteiger partial charge in [0.25, 0.3) is 0 Å². The highest BCUT2D eigenvalue weighted by atomic mass is 16.5. The summed E-state index contributed by atoms with van der Waals surface area (Å²) in [7, 11) is 0. The van der Waals surface area contributed by atoms with Crippen molar-refractivity contribution in [2.24, 2.45) is 5.41 Å². The van der Waals surface area contributed by atoms with E-state index in [9.17, 15) is 4.79 Å². The van der Waals surface area contributed by atoms with Crippen LogP contribution in [0.1, 0.15) is 39.6 Å². The molecule has 0 aliphatic rings. The van der Waals surface area contributed by atoms with E-state index >= 15 is 0 Å². The molecule has 1 aromatic heterocycles. The van der Waals surface area contributed by atoms with Crippen LogP contribution in [-0.2, 0) is 11.3 Å². The minimum Gasteiger partial charge on any atom is -0.492 e. The first-order valence-electron chi connectivity index (χ1n) is 9.30. The van der Waals surface area contributed by atoms with Gasteiger partial charge in [0, 0.05) is 5.41 Å². The second kappa shape index (κ2) is 7.82. The molecule has 27 heavy (non-hydrogen) atoms. The zero-order valence-corrected chi connectivity index (χ0v) is 16.4. The highest BCUT2D eigenvalue weighted by Crippen LogP contribution is 2.23. The molecule has 3 aromatic rings. The third-order valence-electron chi connectivity index (χ3n) is 4.43. The van der Waals surface area contributed by atoms with Crippen molar-refractivity contribution in [2.75, 3.05) is 6.61 Å².